The van der Waals surface area contributed by atoms with Crippen molar-refractivity contribution in [3.8, 4) is 0 Å². The number of carbonyl (C=O) groups excluding carboxylic acids is 2. The Labute approximate surface area is 117 Å². The second-order valence-corrected chi connectivity index (χ2v) is 5.46. The lowest BCUT2D eigenvalue weighted by molar-refractivity contribution is -0.121. The standard InChI is InChI=1S/C14H20FN3O2/c1-14(2,3)18-13(20)9-16-8-12(19)17-11-6-4-10(15)5-7-11/h4-7,16H,8-9H2,1-3H3,(H,17,19)(H,18,20). The third-order valence-corrected chi connectivity index (χ3v) is 2.21. The molecule has 110 valence electrons. The molecule has 3 N–H and O–H groups in total. The zero-order valence-corrected chi connectivity index (χ0v) is 11.9. The van der Waals surface area contributed by atoms with Gasteiger partial charge in [0, 0.05) is 11.2 Å². The molecule has 20 heavy (non-hydrogen) atoms. The second kappa shape index (κ2) is 7.00. The predicted molar refractivity (Wildman–Crippen MR) is 75.8 cm³/mol. The highest BCUT2D eigenvalue weighted by Crippen LogP contribution is 2.07. The number of benzene rings is 1. The Bertz CT molecular complexity index is 466. The Morgan fingerprint density at radius 1 is 1.05 bits per heavy atom. The molecule has 1 rings (SSSR count). The van der Waals surface area contributed by atoms with Gasteiger partial charge in [0.25, 0.3) is 0 Å². The molecule has 0 radical (unpaired) electrons. The first-order chi connectivity index (χ1) is 9.26. The summed E-state index contributed by atoms with van der Waals surface area (Å²) in [7, 11) is 0. The Kier molecular flexibility index (Phi) is 5.64. The van der Waals surface area contributed by atoms with Gasteiger partial charge in [0.2, 0.25) is 11.8 Å². The summed E-state index contributed by atoms with van der Waals surface area (Å²) in [5, 5.41) is 8.11. The molecular weight excluding hydrogens is 261 g/mol. The molecule has 0 bridgehead atoms. The highest BCUT2D eigenvalue weighted by molar-refractivity contribution is 5.92. The largest absolute Gasteiger partial charge is 0.350 e. The molecule has 0 fully saturated rings. The van der Waals surface area contributed by atoms with E-state index >= 15 is 0 Å². The van der Waals surface area contributed by atoms with Crippen molar-refractivity contribution in [2.24, 2.45) is 0 Å². The van der Waals surface area contributed by atoms with Crippen molar-refractivity contribution >= 4 is 17.5 Å². The predicted octanol–water partition coefficient (Wildman–Crippen LogP) is 1.27. The molecule has 0 aliphatic carbocycles. The first kappa shape index (κ1) is 16.1. The monoisotopic (exact) mass is 281 g/mol. The number of hydrogen-bond acceptors (Lipinski definition) is 3. The first-order valence-electron chi connectivity index (χ1n) is 6.33. The Morgan fingerprint density at radius 3 is 2.15 bits per heavy atom. The molecule has 0 heterocycles. The van der Waals surface area contributed by atoms with Gasteiger partial charge in [0.05, 0.1) is 13.1 Å². The molecule has 0 aromatic heterocycles. The Hall–Kier alpha value is -1.95. The van der Waals surface area contributed by atoms with Gasteiger partial charge in [0.15, 0.2) is 0 Å². The lowest BCUT2D eigenvalue weighted by Gasteiger charge is -2.20. The molecule has 0 spiro atoms. The van der Waals surface area contributed by atoms with Crippen LogP contribution >= 0.6 is 0 Å². The van der Waals surface area contributed by atoms with Crippen molar-refractivity contribution in [3.63, 3.8) is 0 Å². The van der Waals surface area contributed by atoms with Crippen LogP contribution in [-0.4, -0.2) is 30.4 Å². The lowest BCUT2D eigenvalue weighted by Crippen LogP contribution is -2.45. The van der Waals surface area contributed by atoms with E-state index in [1.807, 2.05) is 20.8 Å². The number of nitrogens with one attached hydrogen (secondary N) is 3. The Morgan fingerprint density at radius 2 is 1.60 bits per heavy atom. The maximum atomic E-state index is 12.7. The summed E-state index contributed by atoms with van der Waals surface area (Å²) >= 11 is 0. The van der Waals surface area contributed by atoms with Gasteiger partial charge in [-0.15, -0.1) is 0 Å². The summed E-state index contributed by atoms with van der Waals surface area (Å²) in [4.78, 5) is 23.1. The van der Waals surface area contributed by atoms with Gasteiger partial charge in [-0.2, -0.15) is 0 Å². The van der Waals surface area contributed by atoms with Crippen molar-refractivity contribution in [3.05, 3.63) is 30.1 Å². The summed E-state index contributed by atoms with van der Waals surface area (Å²) in [6.07, 6.45) is 0. The molecule has 6 heteroatoms. The van der Waals surface area contributed by atoms with E-state index in [0.29, 0.717) is 5.69 Å². The summed E-state index contributed by atoms with van der Waals surface area (Å²) in [5.41, 5.74) is 0.215. The second-order valence-electron chi connectivity index (χ2n) is 5.46. The van der Waals surface area contributed by atoms with Crippen molar-refractivity contribution in [1.29, 1.82) is 0 Å². The van der Waals surface area contributed by atoms with Crippen LogP contribution in [0.4, 0.5) is 10.1 Å². The molecule has 0 aliphatic rings. The molecule has 2 amide bonds. The van der Waals surface area contributed by atoms with Gasteiger partial charge < -0.3 is 10.6 Å². The average molecular weight is 281 g/mol. The molecule has 0 atom stereocenters. The van der Waals surface area contributed by atoms with Crippen LogP contribution in [0.15, 0.2) is 24.3 Å². The summed E-state index contributed by atoms with van der Waals surface area (Å²) in [5.74, 6) is -0.827. The van der Waals surface area contributed by atoms with Gasteiger partial charge in [-0.25, -0.2) is 4.39 Å². The van der Waals surface area contributed by atoms with E-state index < -0.39 is 0 Å². The SMILES string of the molecule is CC(C)(C)NC(=O)CNCC(=O)Nc1ccc(F)cc1. The van der Waals surface area contributed by atoms with E-state index in [1.54, 1.807) is 0 Å². The van der Waals surface area contributed by atoms with E-state index in [0.717, 1.165) is 0 Å². The van der Waals surface area contributed by atoms with Crippen LogP contribution in [0.25, 0.3) is 0 Å². The number of rotatable bonds is 5. The maximum absolute atomic E-state index is 12.7. The van der Waals surface area contributed by atoms with Crippen LogP contribution < -0.4 is 16.0 Å². The van der Waals surface area contributed by atoms with Gasteiger partial charge in [-0.3, -0.25) is 14.9 Å². The quantitative estimate of drug-likeness (QED) is 0.761. The van der Waals surface area contributed by atoms with Gasteiger partial charge in [-0.05, 0) is 45.0 Å². The molecule has 1 aromatic carbocycles. The van der Waals surface area contributed by atoms with Crippen molar-refractivity contribution in [2.75, 3.05) is 18.4 Å². The van der Waals surface area contributed by atoms with E-state index in [4.69, 9.17) is 0 Å². The third kappa shape index (κ3) is 6.84. The van der Waals surface area contributed by atoms with Crippen LogP contribution in [0, 0.1) is 5.82 Å². The van der Waals surface area contributed by atoms with Crippen LogP contribution in [0.2, 0.25) is 0 Å². The van der Waals surface area contributed by atoms with Gasteiger partial charge in [0.1, 0.15) is 5.82 Å². The molecular formula is C14H20FN3O2. The number of halogens is 1. The van der Waals surface area contributed by atoms with Gasteiger partial charge >= 0.3 is 0 Å². The molecule has 0 unspecified atom stereocenters. The minimum atomic E-state index is -0.361. The number of amides is 2. The molecule has 0 saturated carbocycles. The van der Waals surface area contributed by atoms with Crippen LogP contribution in [0.3, 0.4) is 0 Å². The van der Waals surface area contributed by atoms with Crippen molar-refractivity contribution in [1.82, 2.24) is 10.6 Å². The van der Waals surface area contributed by atoms with E-state index in [2.05, 4.69) is 16.0 Å². The minimum absolute atomic E-state index is 0.00887. The maximum Gasteiger partial charge on any atom is 0.238 e. The highest BCUT2D eigenvalue weighted by Gasteiger charge is 2.13. The van der Waals surface area contributed by atoms with E-state index in [9.17, 15) is 14.0 Å². The molecule has 1 aromatic rings. The normalized spacial score (nSPS) is 11.0. The lowest BCUT2D eigenvalue weighted by atomic mass is 10.1. The molecule has 0 saturated heterocycles. The van der Waals surface area contributed by atoms with E-state index in [1.165, 1.54) is 24.3 Å². The van der Waals surface area contributed by atoms with Crippen molar-refractivity contribution < 1.29 is 14.0 Å². The smallest absolute Gasteiger partial charge is 0.238 e. The fourth-order valence-electron chi connectivity index (χ4n) is 1.49. The minimum Gasteiger partial charge on any atom is -0.350 e. The fourth-order valence-corrected chi connectivity index (χ4v) is 1.49. The van der Waals surface area contributed by atoms with Crippen molar-refractivity contribution in [2.45, 2.75) is 26.3 Å². The number of hydrogen-bond donors (Lipinski definition) is 3. The zero-order chi connectivity index (χ0) is 15.2. The average Bonchev–Trinajstić information content (AvgIpc) is 2.29. The van der Waals surface area contributed by atoms with Crippen LogP contribution in [0.5, 0.6) is 0 Å². The fraction of sp³-hybridized carbons (Fsp3) is 0.429. The van der Waals surface area contributed by atoms with E-state index in [-0.39, 0.29) is 36.3 Å². The summed E-state index contributed by atoms with van der Waals surface area (Å²) in [6.45, 7) is 5.72. The third-order valence-electron chi connectivity index (χ3n) is 2.21. The number of carbonyl (C=O) groups is 2. The zero-order valence-electron chi connectivity index (χ0n) is 11.9. The summed E-state index contributed by atoms with van der Waals surface area (Å²) < 4.78 is 12.7. The topological polar surface area (TPSA) is 70.2 Å². The molecule has 0 aliphatic heterocycles. The van der Waals surface area contributed by atoms with Gasteiger partial charge in [-0.1, -0.05) is 0 Å². The van der Waals surface area contributed by atoms with Crippen LogP contribution in [-0.2, 0) is 9.59 Å². The number of anilines is 1. The summed E-state index contributed by atoms with van der Waals surface area (Å²) in [6, 6.07) is 5.47. The Balaban J connectivity index is 2.27. The highest BCUT2D eigenvalue weighted by atomic mass is 19.1. The molecule has 5 nitrogen and oxygen atoms in total. The van der Waals surface area contributed by atoms with Crippen LogP contribution in [0.1, 0.15) is 20.8 Å². The first-order valence-corrected chi connectivity index (χ1v) is 6.33.